The van der Waals surface area contributed by atoms with Crippen LogP contribution >= 0.6 is 0 Å². The molecule has 0 aromatic carbocycles. The SMILES string of the molecule is CC(C)CC(C)(CN)Nc1ncccc1C(N)=O. The van der Waals surface area contributed by atoms with Crippen LogP contribution in [0.25, 0.3) is 0 Å². The average molecular weight is 250 g/mol. The van der Waals surface area contributed by atoms with Gasteiger partial charge in [0.05, 0.1) is 5.56 Å². The Labute approximate surface area is 108 Å². The molecule has 18 heavy (non-hydrogen) atoms. The Balaban J connectivity index is 2.98. The number of aromatic nitrogens is 1. The van der Waals surface area contributed by atoms with E-state index < -0.39 is 5.91 Å². The van der Waals surface area contributed by atoms with Crippen LogP contribution in [0.5, 0.6) is 0 Å². The molecule has 0 fully saturated rings. The maximum atomic E-state index is 11.3. The lowest BCUT2D eigenvalue weighted by Crippen LogP contribution is -2.44. The Morgan fingerprint density at radius 1 is 1.56 bits per heavy atom. The summed E-state index contributed by atoms with van der Waals surface area (Å²) >= 11 is 0. The average Bonchev–Trinajstić information content (AvgIpc) is 2.28. The molecular formula is C13H22N4O. The first kappa shape index (κ1) is 14.4. The predicted molar refractivity (Wildman–Crippen MR) is 73.3 cm³/mol. The normalized spacial score (nSPS) is 14.3. The van der Waals surface area contributed by atoms with Crippen LogP contribution in [0.1, 0.15) is 37.6 Å². The maximum absolute atomic E-state index is 11.3. The molecule has 0 saturated carbocycles. The summed E-state index contributed by atoms with van der Waals surface area (Å²) in [5.41, 5.74) is 11.2. The summed E-state index contributed by atoms with van der Waals surface area (Å²) in [6.07, 6.45) is 2.51. The van der Waals surface area contributed by atoms with Crippen LogP contribution < -0.4 is 16.8 Å². The second kappa shape index (κ2) is 5.82. The van der Waals surface area contributed by atoms with E-state index in [9.17, 15) is 4.79 Å². The van der Waals surface area contributed by atoms with Gasteiger partial charge in [-0.15, -0.1) is 0 Å². The molecule has 1 aromatic rings. The molecule has 5 heteroatoms. The number of amides is 1. The third-order valence-electron chi connectivity index (χ3n) is 2.80. The minimum Gasteiger partial charge on any atom is -0.365 e. The molecule has 0 saturated heterocycles. The van der Waals surface area contributed by atoms with Crippen molar-refractivity contribution in [2.24, 2.45) is 17.4 Å². The summed E-state index contributed by atoms with van der Waals surface area (Å²) in [4.78, 5) is 15.5. The number of rotatable bonds is 6. The maximum Gasteiger partial charge on any atom is 0.252 e. The van der Waals surface area contributed by atoms with Crippen molar-refractivity contribution in [2.75, 3.05) is 11.9 Å². The highest BCUT2D eigenvalue weighted by molar-refractivity contribution is 5.97. The molecule has 1 atom stereocenters. The van der Waals surface area contributed by atoms with Crippen molar-refractivity contribution in [3.8, 4) is 0 Å². The Kier molecular flexibility index (Phi) is 4.67. The van der Waals surface area contributed by atoms with Crippen molar-refractivity contribution in [1.29, 1.82) is 0 Å². The van der Waals surface area contributed by atoms with Crippen molar-refractivity contribution in [2.45, 2.75) is 32.7 Å². The van der Waals surface area contributed by atoms with Gasteiger partial charge in [-0.3, -0.25) is 4.79 Å². The first-order valence-corrected chi connectivity index (χ1v) is 6.11. The molecule has 0 aliphatic carbocycles. The van der Waals surface area contributed by atoms with Crippen LogP contribution in [0, 0.1) is 5.92 Å². The first-order valence-electron chi connectivity index (χ1n) is 6.11. The summed E-state index contributed by atoms with van der Waals surface area (Å²) in [6.45, 7) is 6.73. The number of hydrogen-bond acceptors (Lipinski definition) is 4. The standard InChI is InChI=1S/C13H22N4O/c1-9(2)7-13(3,8-14)17-12-10(11(15)18)5-4-6-16-12/h4-6,9H,7-8,14H2,1-3H3,(H2,15,18)(H,16,17). The lowest BCUT2D eigenvalue weighted by atomic mass is 9.90. The van der Waals surface area contributed by atoms with E-state index in [2.05, 4.69) is 24.1 Å². The zero-order chi connectivity index (χ0) is 13.8. The molecule has 0 radical (unpaired) electrons. The van der Waals surface area contributed by atoms with Gasteiger partial charge in [0, 0.05) is 18.3 Å². The first-order chi connectivity index (χ1) is 8.38. The number of carbonyl (C=O) groups excluding carboxylic acids is 1. The zero-order valence-electron chi connectivity index (χ0n) is 11.2. The van der Waals surface area contributed by atoms with E-state index in [1.165, 1.54) is 0 Å². The Bertz CT molecular complexity index is 419. The largest absolute Gasteiger partial charge is 0.365 e. The predicted octanol–water partition coefficient (Wildman–Crippen LogP) is 1.36. The lowest BCUT2D eigenvalue weighted by molar-refractivity contribution is 0.100. The third-order valence-corrected chi connectivity index (χ3v) is 2.80. The number of hydrogen-bond donors (Lipinski definition) is 3. The number of carbonyl (C=O) groups is 1. The van der Waals surface area contributed by atoms with Crippen LogP contribution in [0.15, 0.2) is 18.3 Å². The summed E-state index contributed by atoms with van der Waals surface area (Å²) < 4.78 is 0. The number of nitrogens with one attached hydrogen (secondary N) is 1. The molecule has 1 amide bonds. The lowest BCUT2D eigenvalue weighted by Gasteiger charge is -2.32. The molecule has 1 heterocycles. The molecule has 1 rings (SSSR count). The number of anilines is 1. The second-order valence-corrected chi connectivity index (χ2v) is 5.25. The van der Waals surface area contributed by atoms with Gasteiger partial charge in [-0.1, -0.05) is 13.8 Å². The molecule has 0 aliphatic rings. The Hall–Kier alpha value is -1.62. The summed E-state index contributed by atoms with van der Waals surface area (Å²) in [6, 6.07) is 3.34. The van der Waals surface area contributed by atoms with Crippen LogP contribution in [0.2, 0.25) is 0 Å². The number of nitrogens with zero attached hydrogens (tertiary/aromatic N) is 1. The van der Waals surface area contributed by atoms with Gasteiger partial charge in [0.2, 0.25) is 0 Å². The highest BCUT2D eigenvalue weighted by atomic mass is 16.1. The number of pyridine rings is 1. The molecule has 0 aliphatic heterocycles. The van der Waals surface area contributed by atoms with Crippen molar-refractivity contribution in [3.05, 3.63) is 23.9 Å². The van der Waals surface area contributed by atoms with E-state index in [1.807, 2.05) is 6.92 Å². The summed E-state index contributed by atoms with van der Waals surface area (Å²) in [5, 5.41) is 3.25. The highest BCUT2D eigenvalue weighted by Gasteiger charge is 2.25. The van der Waals surface area contributed by atoms with E-state index in [0.29, 0.717) is 23.8 Å². The highest BCUT2D eigenvalue weighted by Crippen LogP contribution is 2.22. The van der Waals surface area contributed by atoms with Gasteiger partial charge in [-0.05, 0) is 31.4 Å². The molecule has 1 aromatic heterocycles. The van der Waals surface area contributed by atoms with E-state index in [0.717, 1.165) is 6.42 Å². The van der Waals surface area contributed by atoms with Crippen molar-refractivity contribution < 1.29 is 4.79 Å². The van der Waals surface area contributed by atoms with Gasteiger partial charge >= 0.3 is 0 Å². The molecular weight excluding hydrogens is 228 g/mol. The van der Waals surface area contributed by atoms with Gasteiger partial charge < -0.3 is 16.8 Å². The molecule has 5 N–H and O–H groups in total. The summed E-state index contributed by atoms with van der Waals surface area (Å²) in [5.74, 6) is 0.500. The van der Waals surface area contributed by atoms with Gasteiger partial charge in [0.25, 0.3) is 5.91 Å². The second-order valence-electron chi connectivity index (χ2n) is 5.25. The molecule has 100 valence electrons. The quantitative estimate of drug-likeness (QED) is 0.710. The Morgan fingerprint density at radius 2 is 2.22 bits per heavy atom. The fraction of sp³-hybridized carbons (Fsp3) is 0.538. The van der Waals surface area contributed by atoms with Gasteiger partial charge in [0.1, 0.15) is 5.82 Å². The molecule has 1 unspecified atom stereocenters. The van der Waals surface area contributed by atoms with E-state index in [-0.39, 0.29) is 5.54 Å². The monoisotopic (exact) mass is 250 g/mol. The zero-order valence-corrected chi connectivity index (χ0v) is 11.2. The van der Waals surface area contributed by atoms with Crippen LogP contribution in [-0.2, 0) is 0 Å². The minimum atomic E-state index is -0.491. The molecule has 0 spiro atoms. The van der Waals surface area contributed by atoms with Crippen LogP contribution in [0.3, 0.4) is 0 Å². The number of nitrogens with two attached hydrogens (primary N) is 2. The van der Waals surface area contributed by atoms with E-state index >= 15 is 0 Å². The van der Waals surface area contributed by atoms with Gasteiger partial charge in [-0.2, -0.15) is 0 Å². The van der Waals surface area contributed by atoms with Crippen molar-refractivity contribution >= 4 is 11.7 Å². The van der Waals surface area contributed by atoms with Crippen molar-refractivity contribution in [3.63, 3.8) is 0 Å². The molecule has 0 bridgehead atoms. The fourth-order valence-electron chi connectivity index (χ4n) is 2.08. The summed E-state index contributed by atoms with van der Waals surface area (Å²) in [7, 11) is 0. The smallest absolute Gasteiger partial charge is 0.252 e. The third kappa shape index (κ3) is 3.70. The minimum absolute atomic E-state index is 0.299. The van der Waals surface area contributed by atoms with E-state index in [4.69, 9.17) is 11.5 Å². The Morgan fingerprint density at radius 3 is 2.72 bits per heavy atom. The fourth-order valence-corrected chi connectivity index (χ4v) is 2.08. The molecule has 5 nitrogen and oxygen atoms in total. The van der Waals surface area contributed by atoms with Crippen molar-refractivity contribution in [1.82, 2.24) is 4.98 Å². The van der Waals surface area contributed by atoms with Crippen LogP contribution in [-0.4, -0.2) is 23.0 Å². The van der Waals surface area contributed by atoms with E-state index in [1.54, 1.807) is 18.3 Å². The topological polar surface area (TPSA) is 94.0 Å². The number of primary amides is 1. The van der Waals surface area contributed by atoms with Crippen LogP contribution in [0.4, 0.5) is 5.82 Å². The van der Waals surface area contributed by atoms with Gasteiger partial charge in [0.15, 0.2) is 0 Å². The van der Waals surface area contributed by atoms with Gasteiger partial charge in [-0.25, -0.2) is 4.98 Å².